The highest BCUT2D eigenvalue weighted by Crippen LogP contribution is 2.22. The number of hydrogen-bond donors (Lipinski definition) is 1. The van der Waals surface area contributed by atoms with Crippen LogP contribution in [0.15, 0.2) is 36.7 Å². The largest absolute Gasteiger partial charge is 0.573 e. The molecule has 2 aromatic rings. The first-order valence-electron chi connectivity index (χ1n) is 8.16. The van der Waals surface area contributed by atoms with Crippen molar-refractivity contribution in [3.05, 3.63) is 42.2 Å². The van der Waals surface area contributed by atoms with Gasteiger partial charge in [0.05, 0.1) is 18.9 Å². The Morgan fingerprint density at radius 2 is 2.08 bits per heavy atom. The van der Waals surface area contributed by atoms with Crippen molar-refractivity contribution in [3.8, 4) is 5.75 Å². The second kappa shape index (κ2) is 7.77. The molecule has 140 valence electrons. The zero-order valence-electron chi connectivity index (χ0n) is 14.2. The van der Waals surface area contributed by atoms with E-state index in [9.17, 15) is 13.2 Å². The smallest absolute Gasteiger partial charge is 0.404 e. The zero-order valence-corrected chi connectivity index (χ0v) is 14.2. The molecule has 9 heteroatoms. The second-order valence-corrected chi connectivity index (χ2v) is 5.93. The lowest BCUT2D eigenvalue weighted by Crippen LogP contribution is -2.41. The van der Waals surface area contributed by atoms with Gasteiger partial charge in [0.2, 0.25) is 0 Å². The van der Waals surface area contributed by atoms with Gasteiger partial charge in [-0.05, 0) is 30.7 Å². The van der Waals surface area contributed by atoms with Gasteiger partial charge < -0.3 is 19.7 Å². The van der Waals surface area contributed by atoms with Gasteiger partial charge in [-0.2, -0.15) is 0 Å². The highest BCUT2D eigenvalue weighted by Gasteiger charge is 2.31. The van der Waals surface area contributed by atoms with Crippen LogP contribution in [0, 0.1) is 0 Å². The summed E-state index contributed by atoms with van der Waals surface area (Å²) in [5.74, 6) is 0.995. The number of hydrogen-bond acceptors (Lipinski definition) is 6. The Labute approximate surface area is 149 Å². The van der Waals surface area contributed by atoms with Gasteiger partial charge in [0, 0.05) is 25.8 Å². The molecule has 3 heterocycles. The minimum atomic E-state index is -4.72. The van der Waals surface area contributed by atoms with Crippen molar-refractivity contribution >= 4 is 11.6 Å². The summed E-state index contributed by atoms with van der Waals surface area (Å²) in [6.07, 6.45) is -1.75. The maximum Gasteiger partial charge on any atom is 0.573 e. The third-order valence-electron chi connectivity index (χ3n) is 3.82. The van der Waals surface area contributed by atoms with Crippen molar-refractivity contribution in [2.75, 3.05) is 29.9 Å². The summed E-state index contributed by atoms with van der Waals surface area (Å²) in [5, 5.41) is 3.04. The number of nitrogens with zero attached hydrogens (tertiary/aromatic N) is 3. The van der Waals surface area contributed by atoms with E-state index in [-0.39, 0.29) is 11.9 Å². The first kappa shape index (κ1) is 18.2. The van der Waals surface area contributed by atoms with Gasteiger partial charge in [-0.25, -0.2) is 9.97 Å². The molecule has 0 spiro atoms. The molecule has 6 nitrogen and oxygen atoms in total. The molecule has 1 aliphatic rings. The Balaban J connectivity index is 1.53. The fourth-order valence-corrected chi connectivity index (χ4v) is 2.61. The van der Waals surface area contributed by atoms with E-state index in [0.717, 1.165) is 30.7 Å². The molecule has 0 amide bonds. The Bertz CT molecular complexity index is 707. The zero-order chi connectivity index (χ0) is 18.6. The molecule has 3 rings (SSSR count). The summed E-state index contributed by atoms with van der Waals surface area (Å²) in [6, 6.07) is 6.54. The van der Waals surface area contributed by atoms with Crippen LogP contribution in [0.5, 0.6) is 5.75 Å². The number of halogens is 3. The SMILES string of the molecule is CC1CN(c2ccc(CNc3ccc(OC(F)(F)F)cn3)cn2)CCO1. The fraction of sp³-hybridized carbons (Fsp3) is 0.412. The first-order valence-corrected chi connectivity index (χ1v) is 8.16. The molecule has 1 aliphatic heterocycles. The van der Waals surface area contributed by atoms with Crippen molar-refractivity contribution in [3.63, 3.8) is 0 Å². The monoisotopic (exact) mass is 368 g/mol. The van der Waals surface area contributed by atoms with Gasteiger partial charge in [-0.15, -0.1) is 13.2 Å². The molecule has 0 aliphatic carbocycles. The molecular formula is C17H19F3N4O2. The highest BCUT2D eigenvalue weighted by molar-refractivity contribution is 5.42. The maximum absolute atomic E-state index is 12.1. The number of rotatable bonds is 5. The molecule has 1 unspecified atom stereocenters. The van der Waals surface area contributed by atoms with Crippen molar-refractivity contribution in [1.29, 1.82) is 0 Å². The molecular weight excluding hydrogens is 349 g/mol. The normalized spacial score (nSPS) is 17.8. The molecule has 26 heavy (non-hydrogen) atoms. The van der Waals surface area contributed by atoms with Crippen LogP contribution in [0.4, 0.5) is 24.8 Å². The number of morpholine rings is 1. The van der Waals surface area contributed by atoms with E-state index in [2.05, 4.69) is 24.9 Å². The summed E-state index contributed by atoms with van der Waals surface area (Å²) in [7, 11) is 0. The maximum atomic E-state index is 12.1. The summed E-state index contributed by atoms with van der Waals surface area (Å²) in [5.41, 5.74) is 0.937. The Kier molecular flexibility index (Phi) is 5.46. The van der Waals surface area contributed by atoms with Crippen LogP contribution in [-0.4, -0.2) is 42.1 Å². The third kappa shape index (κ3) is 5.22. The van der Waals surface area contributed by atoms with Crippen molar-refractivity contribution < 1.29 is 22.6 Å². The Hall–Kier alpha value is -2.55. The number of aromatic nitrogens is 2. The quantitative estimate of drug-likeness (QED) is 0.875. The molecule has 1 fully saturated rings. The van der Waals surface area contributed by atoms with E-state index < -0.39 is 6.36 Å². The summed E-state index contributed by atoms with van der Waals surface area (Å²) in [6.45, 7) is 4.79. The van der Waals surface area contributed by atoms with Crippen LogP contribution in [0.25, 0.3) is 0 Å². The van der Waals surface area contributed by atoms with E-state index >= 15 is 0 Å². The minimum absolute atomic E-state index is 0.183. The van der Waals surface area contributed by atoms with E-state index in [1.54, 1.807) is 6.20 Å². The molecule has 0 aromatic carbocycles. The lowest BCUT2D eigenvalue weighted by atomic mass is 10.2. The van der Waals surface area contributed by atoms with Gasteiger partial charge in [0.15, 0.2) is 0 Å². The van der Waals surface area contributed by atoms with Crippen molar-refractivity contribution in [2.24, 2.45) is 0 Å². The molecule has 0 bridgehead atoms. The Morgan fingerprint density at radius 3 is 2.69 bits per heavy atom. The van der Waals surface area contributed by atoms with Crippen LogP contribution in [0.2, 0.25) is 0 Å². The predicted molar refractivity (Wildman–Crippen MR) is 90.1 cm³/mol. The van der Waals surface area contributed by atoms with Gasteiger partial charge in [-0.1, -0.05) is 6.07 Å². The average molecular weight is 368 g/mol. The lowest BCUT2D eigenvalue weighted by molar-refractivity contribution is -0.274. The highest BCUT2D eigenvalue weighted by atomic mass is 19.4. The molecule has 1 atom stereocenters. The van der Waals surface area contributed by atoms with Gasteiger partial charge in [0.25, 0.3) is 0 Å². The van der Waals surface area contributed by atoms with E-state index in [4.69, 9.17) is 4.74 Å². The minimum Gasteiger partial charge on any atom is -0.404 e. The van der Waals surface area contributed by atoms with Crippen LogP contribution < -0.4 is 15.0 Å². The number of anilines is 2. The van der Waals surface area contributed by atoms with Crippen molar-refractivity contribution in [2.45, 2.75) is 25.9 Å². The lowest BCUT2D eigenvalue weighted by Gasteiger charge is -2.32. The Morgan fingerprint density at radius 1 is 1.23 bits per heavy atom. The third-order valence-corrected chi connectivity index (χ3v) is 3.82. The topological polar surface area (TPSA) is 59.5 Å². The summed E-state index contributed by atoms with van der Waals surface area (Å²) >= 11 is 0. The standard InChI is InChI=1S/C17H19F3N4O2/c1-12-11-24(6-7-25-12)16-5-2-13(9-23-16)8-21-15-4-3-14(10-22-15)26-17(18,19)20/h2-5,9-10,12H,6-8,11H2,1H3,(H,21,22). The molecule has 1 saturated heterocycles. The second-order valence-electron chi connectivity index (χ2n) is 5.93. The van der Waals surface area contributed by atoms with Gasteiger partial charge >= 0.3 is 6.36 Å². The molecule has 2 aromatic heterocycles. The van der Waals surface area contributed by atoms with E-state index in [1.807, 2.05) is 19.1 Å². The number of nitrogens with one attached hydrogen (secondary N) is 1. The van der Waals surface area contributed by atoms with E-state index in [0.29, 0.717) is 19.0 Å². The predicted octanol–water partition coefficient (Wildman–Crippen LogP) is 3.21. The fourth-order valence-electron chi connectivity index (χ4n) is 2.61. The summed E-state index contributed by atoms with van der Waals surface area (Å²) < 4.78 is 45.7. The van der Waals surface area contributed by atoms with Gasteiger partial charge in [-0.3, -0.25) is 0 Å². The average Bonchev–Trinajstić information content (AvgIpc) is 2.60. The van der Waals surface area contributed by atoms with Crippen LogP contribution >= 0.6 is 0 Å². The first-order chi connectivity index (χ1) is 12.4. The number of pyridine rings is 2. The van der Waals surface area contributed by atoms with Crippen LogP contribution in [-0.2, 0) is 11.3 Å². The van der Waals surface area contributed by atoms with Gasteiger partial charge in [0.1, 0.15) is 17.4 Å². The molecule has 0 saturated carbocycles. The van der Waals surface area contributed by atoms with Crippen LogP contribution in [0.3, 0.4) is 0 Å². The summed E-state index contributed by atoms with van der Waals surface area (Å²) in [4.78, 5) is 10.5. The van der Waals surface area contributed by atoms with Crippen LogP contribution in [0.1, 0.15) is 12.5 Å². The molecule has 1 N–H and O–H groups in total. The number of alkyl halides is 3. The van der Waals surface area contributed by atoms with E-state index in [1.165, 1.54) is 12.1 Å². The van der Waals surface area contributed by atoms with Crippen molar-refractivity contribution in [1.82, 2.24) is 9.97 Å². The molecule has 0 radical (unpaired) electrons. The number of ether oxygens (including phenoxy) is 2.